The molecule has 7 heteroatoms. The van der Waals surface area contributed by atoms with Crippen LogP contribution in [0.2, 0.25) is 0 Å². The Bertz CT molecular complexity index is 429. The maximum atomic E-state index is 12.1. The van der Waals surface area contributed by atoms with E-state index in [9.17, 15) is 14.4 Å². The van der Waals surface area contributed by atoms with E-state index in [1.54, 1.807) is 13.8 Å². The minimum absolute atomic E-state index is 0.0790. The van der Waals surface area contributed by atoms with Gasteiger partial charge in [-0.2, -0.15) is 0 Å². The van der Waals surface area contributed by atoms with Gasteiger partial charge in [-0.15, -0.1) is 0 Å². The van der Waals surface area contributed by atoms with E-state index in [2.05, 4.69) is 10.6 Å². The summed E-state index contributed by atoms with van der Waals surface area (Å²) in [7, 11) is 0. The number of likely N-dealkylation sites (tertiary alicyclic amines) is 1. The molecular formula is C15H25N3O4. The molecular weight excluding hydrogens is 286 g/mol. The largest absolute Gasteiger partial charge is 0.466 e. The average molecular weight is 311 g/mol. The molecule has 124 valence electrons. The molecule has 2 N–H and O–H groups in total. The predicted octanol–water partition coefficient (Wildman–Crippen LogP) is 0.638. The van der Waals surface area contributed by atoms with E-state index in [0.29, 0.717) is 32.5 Å². The number of carbonyl (C=O) groups is 3. The zero-order valence-corrected chi connectivity index (χ0v) is 13.3. The van der Waals surface area contributed by atoms with E-state index in [-0.39, 0.29) is 29.9 Å². The maximum absolute atomic E-state index is 12.1. The Labute approximate surface area is 130 Å². The maximum Gasteiger partial charge on any atom is 0.321 e. The standard InChI is InChI=1S/C15H25N3O4/c1-3-22-14(20)11-6-8-18(9-7-11)10(2)13(19)17-15(21)16-12-4-5-12/h10-12H,3-9H2,1-2H3,(H2,16,17,19,21). The van der Waals surface area contributed by atoms with Crippen molar-refractivity contribution < 1.29 is 19.1 Å². The lowest BCUT2D eigenvalue weighted by molar-refractivity contribution is -0.149. The normalized spacial score (nSPS) is 21.0. The minimum Gasteiger partial charge on any atom is -0.466 e. The van der Waals surface area contributed by atoms with Gasteiger partial charge in [0.25, 0.3) is 0 Å². The van der Waals surface area contributed by atoms with Crippen LogP contribution in [0.5, 0.6) is 0 Å². The Kier molecular flexibility index (Phi) is 5.76. The lowest BCUT2D eigenvalue weighted by Gasteiger charge is -2.34. The summed E-state index contributed by atoms with van der Waals surface area (Å²) in [5, 5.41) is 5.11. The summed E-state index contributed by atoms with van der Waals surface area (Å²) in [5.74, 6) is -0.527. The van der Waals surface area contributed by atoms with Gasteiger partial charge in [-0.25, -0.2) is 4.79 Å². The molecule has 2 rings (SSSR count). The molecule has 1 saturated heterocycles. The molecule has 1 saturated carbocycles. The summed E-state index contributed by atoms with van der Waals surface area (Å²) >= 11 is 0. The molecule has 3 amide bonds. The molecule has 1 unspecified atom stereocenters. The van der Waals surface area contributed by atoms with E-state index in [1.165, 1.54) is 0 Å². The highest BCUT2D eigenvalue weighted by atomic mass is 16.5. The zero-order valence-electron chi connectivity index (χ0n) is 13.3. The third kappa shape index (κ3) is 4.69. The highest BCUT2D eigenvalue weighted by Crippen LogP contribution is 2.20. The van der Waals surface area contributed by atoms with Gasteiger partial charge in [0.1, 0.15) is 0 Å². The Hall–Kier alpha value is -1.63. The number of hydrogen-bond donors (Lipinski definition) is 2. The summed E-state index contributed by atoms with van der Waals surface area (Å²) in [5.41, 5.74) is 0. The zero-order chi connectivity index (χ0) is 16.1. The SMILES string of the molecule is CCOC(=O)C1CCN(C(C)C(=O)NC(=O)NC2CC2)CC1. The van der Waals surface area contributed by atoms with E-state index >= 15 is 0 Å². The number of piperidine rings is 1. The number of ether oxygens (including phenoxy) is 1. The molecule has 2 aliphatic rings. The number of imide groups is 1. The Morgan fingerprint density at radius 1 is 1.18 bits per heavy atom. The van der Waals surface area contributed by atoms with Crippen molar-refractivity contribution in [2.75, 3.05) is 19.7 Å². The van der Waals surface area contributed by atoms with Crippen molar-refractivity contribution in [3.8, 4) is 0 Å². The Morgan fingerprint density at radius 3 is 2.36 bits per heavy atom. The van der Waals surface area contributed by atoms with Crippen molar-refractivity contribution in [1.82, 2.24) is 15.5 Å². The van der Waals surface area contributed by atoms with E-state index in [0.717, 1.165) is 12.8 Å². The van der Waals surface area contributed by atoms with Crippen molar-refractivity contribution in [3.63, 3.8) is 0 Å². The fourth-order valence-corrected chi connectivity index (χ4v) is 2.61. The van der Waals surface area contributed by atoms with Crippen LogP contribution >= 0.6 is 0 Å². The van der Waals surface area contributed by atoms with Crippen LogP contribution in [0.15, 0.2) is 0 Å². The van der Waals surface area contributed by atoms with E-state index in [1.807, 2.05) is 4.90 Å². The van der Waals surface area contributed by atoms with E-state index < -0.39 is 6.03 Å². The van der Waals surface area contributed by atoms with Gasteiger partial charge in [0, 0.05) is 6.04 Å². The molecule has 0 aromatic carbocycles. The fraction of sp³-hybridized carbons (Fsp3) is 0.800. The first-order valence-corrected chi connectivity index (χ1v) is 8.03. The highest BCUT2D eigenvalue weighted by Gasteiger charge is 2.31. The molecule has 1 aliphatic heterocycles. The molecule has 2 fully saturated rings. The van der Waals surface area contributed by atoms with Gasteiger partial charge in [0.05, 0.1) is 18.6 Å². The molecule has 7 nitrogen and oxygen atoms in total. The first-order valence-electron chi connectivity index (χ1n) is 8.03. The number of esters is 1. The van der Waals surface area contributed by atoms with Gasteiger partial charge in [0.2, 0.25) is 5.91 Å². The van der Waals surface area contributed by atoms with Gasteiger partial charge in [-0.3, -0.25) is 19.8 Å². The molecule has 0 radical (unpaired) electrons. The summed E-state index contributed by atoms with van der Waals surface area (Å²) in [6.07, 6.45) is 3.34. The lowest BCUT2D eigenvalue weighted by Crippen LogP contribution is -2.52. The van der Waals surface area contributed by atoms with Crippen molar-refractivity contribution in [2.24, 2.45) is 5.92 Å². The number of hydrogen-bond acceptors (Lipinski definition) is 5. The Balaban J connectivity index is 1.73. The second-order valence-electron chi connectivity index (χ2n) is 5.98. The number of rotatable bonds is 5. The monoisotopic (exact) mass is 311 g/mol. The number of carbonyl (C=O) groups excluding carboxylic acids is 3. The van der Waals surface area contributed by atoms with Crippen molar-refractivity contribution in [2.45, 2.75) is 51.6 Å². The number of nitrogens with one attached hydrogen (secondary N) is 2. The molecule has 22 heavy (non-hydrogen) atoms. The fourth-order valence-electron chi connectivity index (χ4n) is 2.61. The van der Waals surface area contributed by atoms with Crippen molar-refractivity contribution >= 4 is 17.9 Å². The predicted molar refractivity (Wildman–Crippen MR) is 80.1 cm³/mol. The summed E-state index contributed by atoms with van der Waals surface area (Å²) in [4.78, 5) is 37.3. The average Bonchev–Trinajstić information content (AvgIpc) is 3.30. The van der Waals surface area contributed by atoms with Crippen LogP contribution in [0, 0.1) is 5.92 Å². The van der Waals surface area contributed by atoms with Crippen LogP contribution in [0.25, 0.3) is 0 Å². The van der Waals surface area contributed by atoms with Crippen molar-refractivity contribution in [1.29, 1.82) is 0 Å². The summed E-state index contributed by atoms with van der Waals surface area (Å²) in [6.45, 7) is 5.29. The smallest absolute Gasteiger partial charge is 0.321 e. The van der Waals surface area contributed by atoms with Crippen LogP contribution in [0.3, 0.4) is 0 Å². The van der Waals surface area contributed by atoms with Crippen LogP contribution in [0.1, 0.15) is 39.5 Å². The van der Waals surface area contributed by atoms with Gasteiger partial charge >= 0.3 is 12.0 Å². The summed E-state index contributed by atoms with van der Waals surface area (Å²) in [6, 6.07) is -0.572. The number of amides is 3. The van der Waals surface area contributed by atoms with Crippen LogP contribution < -0.4 is 10.6 Å². The van der Waals surface area contributed by atoms with Crippen LogP contribution in [-0.2, 0) is 14.3 Å². The molecule has 1 aliphatic carbocycles. The Morgan fingerprint density at radius 2 is 1.82 bits per heavy atom. The molecule has 0 bridgehead atoms. The lowest BCUT2D eigenvalue weighted by atomic mass is 9.96. The topological polar surface area (TPSA) is 87.7 Å². The van der Waals surface area contributed by atoms with Crippen LogP contribution in [-0.4, -0.2) is 54.6 Å². The third-order valence-corrected chi connectivity index (χ3v) is 4.23. The second-order valence-corrected chi connectivity index (χ2v) is 5.98. The third-order valence-electron chi connectivity index (χ3n) is 4.23. The van der Waals surface area contributed by atoms with Gasteiger partial charge in [-0.05, 0) is 52.6 Å². The van der Waals surface area contributed by atoms with Gasteiger partial charge in [-0.1, -0.05) is 0 Å². The van der Waals surface area contributed by atoms with Gasteiger partial charge in [0.15, 0.2) is 0 Å². The first-order chi connectivity index (χ1) is 10.5. The minimum atomic E-state index is -0.416. The molecule has 1 atom stereocenters. The first kappa shape index (κ1) is 16.7. The molecule has 0 aromatic rings. The molecule has 0 aromatic heterocycles. The van der Waals surface area contributed by atoms with Crippen LogP contribution in [0.4, 0.5) is 4.79 Å². The highest BCUT2D eigenvalue weighted by molar-refractivity contribution is 5.97. The second kappa shape index (κ2) is 7.58. The number of nitrogens with zero attached hydrogens (tertiary/aromatic N) is 1. The molecule has 0 spiro atoms. The summed E-state index contributed by atoms with van der Waals surface area (Å²) < 4.78 is 5.03. The van der Waals surface area contributed by atoms with E-state index in [4.69, 9.17) is 4.74 Å². The quantitative estimate of drug-likeness (QED) is 0.728. The molecule has 1 heterocycles. The number of urea groups is 1. The van der Waals surface area contributed by atoms with Gasteiger partial charge < -0.3 is 10.1 Å². The van der Waals surface area contributed by atoms with Crippen molar-refractivity contribution in [3.05, 3.63) is 0 Å².